The molecule has 0 saturated heterocycles. The van der Waals surface area contributed by atoms with Gasteiger partial charge in [-0.1, -0.05) is 76.2 Å². The van der Waals surface area contributed by atoms with Crippen molar-refractivity contribution in [1.29, 1.82) is 0 Å². The van der Waals surface area contributed by atoms with E-state index >= 15 is 0 Å². The molecule has 1 unspecified atom stereocenters. The molecule has 6 rings (SSSR count). The first kappa shape index (κ1) is 18.5. The molecule has 0 spiro atoms. The Kier molecular flexibility index (Phi) is 4.32. The molecular weight excluding hydrogens is 430 g/mol. The summed E-state index contributed by atoms with van der Waals surface area (Å²) in [5, 5.41) is 5.48. The van der Waals surface area contributed by atoms with Crippen LogP contribution in [0.15, 0.2) is 77.2 Å². The zero-order valence-electron chi connectivity index (χ0n) is 23.5. The predicted octanol–water partition coefficient (Wildman–Crippen LogP) is 8.80. The fourth-order valence-electron chi connectivity index (χ4n) is 5.33. The van der Waals surface area contributed by atoms with Crippen molar-refractivity contribution < 1.29 is 8.53 Å². The fourth-order valence-corrected chi connectivity index (χ4v) is 5.33. The van der Waals surface area contributed by atoms with Crippen LogP contribution in [0.25, 0.3) is 22.1 Å². The van der Waals surface area contributed by atoms with Gasteiger partial charge in [0.15, 0.2) is 0 Å². The van der Waals surface area contributed by atoms with Crippen LogP contribution in [0.1, 0.15) is 72.2 Å². The van der Waals surface area contributed by atoms with Crippen LogP contribution < -0.4 is 10.2 Å². The zero-order chi connectivity index (χ0) is 26.8. The van der Waals surface area contributed by atoms with Crippen molar-refractivity contribution in [2.75, 3.05) is 10.2 Å². The van der Waals surface area contributed by atoms with E-state index < -0.39 is 6.85 Å². The minimum absolute atomic E-state index is 0.0334. The van der Waals surface area contributed by atoms with E-state index in [2.05, 4.69) is 85.4 Å². The van der Waals surface area contributed by atoms with Gasteiger partial charge >= 0.3 is 0 Å². The Hall–Kier alpha value is -3.79. The summed E-state index contributed by atoms with van der Waals surface area (Å²) in [7, 11) is 0. The highest BCUT2D eigenvalue weighted by atomic mass is 16.3. The fraction of sp³-hybridized carbons (Fsp3) is 0.258. The monoisotopic (exact) mass is 464 g/mol. The Morgan fingerprint density at radius 3 is 2.34 bits per heavy atom. The summed E-state index contributed by atoms with van der Waals surface area (Å²) in [4.78, 5) is 6.79. The molecule has 0 aliphatic carbocycles. The number of para-hydroxylation sites is 4. The van der Waals surface area contributed by atoms with Gasteiger partial charge in [0.1, 0.15) is 11.7 Å². The van der Waals surface area contributed by atoms with Crippen LogP contribution in [0, 0.1) is 6.85 Å². The lowest BCUT2D eigenvalue weighted by Gasteiger charge is -2.33. The third kappa shape index (κ3) is 3.39. The zero-order valence-corrected chi connectivity index (χ0v) is 20.5. The topological polar surface area (TPSA) is 41.3 Å². The quantitative estimate of drug-likeness (QED) is 0.288. The first-order valence-electron chi connectivity index (χ1n) is 13.8. The molecule has 0 bridgehead atoms. The molecule has 0 fully saturated rings. The van der Waals surface area contributed by atoms with Gasteiger partial charge in [0.2, 0.25) is 5.71 Å². The Labute approximate surface area is 210 Å². The summed E-state index contributed by atoms with van der Waals surface area (Å²) in [6.45, 7) is 6.65. The van der Waals surface area contributed by atoms with Gasteiger partial charge in [0, 0.05) is 26.1 Å². The van der Waals surface area contributed by atoms with Gasteiger partial charge in [-0.2, -0.15) is 0 Å². The molecule has 1 atom stereocenters. The molecule has 2 aromatic heterocycles. The molecule has 35 heavy (non-hydrogen) atoms. The molecule has 3 aromatic carbocycles. The van der Waals surface area contributed by atoms with Crippen LogP contribution in [-0.2, 0) is 0 Å². The molecule has 1 N–H and O–H groups in total. The van der Waals surface area contributed by atoms with Crippen molar-refractivity contribution in [3.8, 4) is 0 Å². The van der Waals surface area contributed by atoms with Gasteiger partial charge in [-0.15, -0.1) is 0 Å². The molecule has 4 heteroatoms. The van der Waals surface area contributed by atoms with Crippen molar-refractivity contribution in [2.24, 2.45) is 0 Å². The third-order valence-electron chi connectivity index (χ3n) is 6.99. The first-order valence-corrected chi connectivity index (χ1v) is 12.3. The average molecular weight is 465 g/mol. The largest absolute Gasteiger partial charge is 0.437 e. The third-order valence-corrected chi connectivity index (χ3v) is 6.99. The number of hydrogen-bond donors (Lipinski definition) is 1. The van der Waals surface area contributed by atoms with Crippen LogP contribution >= 0.6 is 0 Å². The Bertz CT molecular complexity index is 1640. The van der Waals surface area contributed by atoms with Crippen LogP contribution in [0.2, 0.25) is 0 Å². The number of aryl methyl sites for hydroxylation is 1. The van der Waals surface area contributed by atoms with Crippen molar-refractivity contribution in [2.45, 2.75) is 52.5 Å². The lowest BCUT2D eigenvalue weighted by Crippen LogP contribution is -2.26. The molecule has 4 nitrogen and oxygen atoms in total. The summed E-state index contributed by atoms with van der Waals surface area (Å²) >= 11 is 0. The summed E-state index contributed by atoms with van der Waals surface area (Å²) in [6.07, 6.45) is -0.226. The summed E-state index contributed by atoms with van der Waals surface area (Å²) in [6, 6.07) is 24.5. The van der Waals surface area contributed by atoms with Crippen molar-refractivity contribution in [1.82, 2.24) is 4.98 Å². The normalized spacial score (nSPS) is 17.0. The van der Waals surface area contributed by atoms with Crippen LogP contribution in [0.3, 0.4) is 0 Å². The van der Waals surface area contributed by atoms with E-state index in [1.807, 2.05) is 18.2 Å². The van der Waals surface area contributed by atoms with E-state index in [-0.39, 0.29) is 11.9 Å². The highest BCUT2D eigenvalue weighted by Gasteiger charge is 2.36. The molecule has 5 aromatic rings. The molecule has 1 aliphatic rings. The Morgan fingerprint density at radius 1 is 0.857 bits per heavy atom. The molecule has 3 heterocycles. The molecular formula is C31H31N3O. The Balaban J connectivity index is 1.61. The number of hydrogen-bond acceptors (Lipinski definition) is 4. The maximum atomic E-state index is 7.78. The highest BCUT2D eigenvalue weighted by Crippen LogP contribution is 2.51. The van der Waals surface area contributed by atoms with Gasteiger partial charge in [0.05, 0.1) is 17.1 Å². The van der Waals surface area contributed by atoms with Crippen molar-refractivity contribution in [3.05, 3.63) is 95.2 Å². The van der Waals surface area contributed by atoms with Gasteiger partial charge in [-0.3, -0.25) is 0 Å². The van der Waals surface area contributed by atoms with Crippen LogP contribution in [-0.4, -0.2) is 4.98 Å². The molecule has 0 radical (unpaired) electrons. The van der Waals surface area contributed by atoms with Gasteiger partial charge in [-0.25, -0.2) is 4.98 Å². The summed E-state index contributed by atoms with van der Waals surface area (Å²) < 4.78 is 29.7. The lowest BCUT2D eigenvalue weighted by molar-refractivity contribution is 0.640. The second-order valence-electron chi connectivity index (χ2n) is 9.90. The van der Waals surface area contributed by atoms with E-state index in [4.69, 9.17) is 8.53 Å². The first-order chi connectivity index (χ1) is 18.1. The SMILES string of the molecule is [2H]C([2H])([2H])c1ccc2c(n1)oc1c(C3Nc4ccccc4N3c3c(C(C)C)cccc3C(C)C)cccc12. The minimum atomic E-state index is -2.30. The number of nitrogens with zero attached hydrogens (tertiary/aromatic N) is 2. The van der Waals surface area contributed by atoms with E-state index in [9.17, 15) is 0 Å². The molecule has 0 saturated carbocycles. The molecule has 1 aliphatic heterocycles. The Morgan fingerprint density at radius 2 is 1.60 bits per heavy atom. The maximum absolute atomic E-state index is 7.78. The van der Waals surface area contributed by atoms with Gasteiger partial charge in [0.25, 0.3) is 0 Å². The van der Waals surface area contributed by atoms with Crippen molar-refractivity contribution in [3.63, 3.8) is 0 Å². The van der Waals surface area contributed by atoms with Crippen LogP contribution in [0.5, 0.6) is 0 Å². The second-order valence-corrected chi connectivity index (χ2v) is 9.90. The van der Waals surface area contributed by atoms with Crippen LogP contribution in [0.4, 0.5) is 17.1 Å². The van der Waals surface area contributed by atoms with E-state index in [0.717, 1.165) is 27.7 Å². The number of aromatic nitrogens is 1. The number of furan rings is 1. The average Bonchev–Trinajstić information content (AvgIpc) is 3.45. The maximum Gasteiger partial charge on any atom is 0.227 e. The minimum Gasteiger partial charge on any atom is -0.437 e. The summed E-state index contributed by atoms with van der Waals surface area (Å²) in [5.74, 6) is 0.670. The number of fused-ring (bicyclic) bond motifs is 4. The van der Waals surface area contributed by atoms with Crippen molar-refractivity contribution >= 4 is 39.1 Å². The predicted molar refractivity (Wildman–Crippen MR) is 146 cm³/mol. The van der Waals surface area contributed by atoms with E-state index in [1.54, 1.807) is 12.1 Å². The van der Waals surface area contributed by atoms with E-state index in [1.165, 1.54) is 16.8 Å². The van der Waals surface area contributed by atoms with E-state index in [0.29, 0.717) is 23.1 Å². The molecule has 0 amide bonds. The van der Waals surface area contributed by atoms with Gasteiger partial charge in [-0.05, 0) is 54.1 Å². The molecule has 176 valence electrons. The number of rotatable bonds is 4. The smallest absolute Gasteiger partial charge is 0.227 e. The number of anilines is 3. The number of pyridine rings is 1. The number of nitrogens with one attached hydrogen (secondary N) is 1. The van der Waals surface area contributed by atoms with Gasteiger partial charge < -0.3 is 14.6 Å². The number of benzene rings is 3. The summed E-state index contributed by atoms with van der Waals surface area (Å²) in [5.41, 5.74) is 8.03. The highest BCUT2D eigenvalue weighted by molar-refractivity contribution is 6.05. The second kappa shape index (κ2) is 8.16. The standard InChI is InChI=1S/C31H31N3O/c1-18(2)21-10-8-11-22(19(3)4)28(21)34-27-15-7-6-14-26(27)33-30(34)25-13-9-12-23-24-17-16-20(5)32-31(24)35-29(23)25/h6-19,30,33H,1-5H3/i5D3. The lowest BCUT2D eigenvalue weighted by atomic mass is 9.91.